The van der Waals surface area contributed by atoms with E-state index in [-0.39, 0.29) is 5.82 Å². The lowest BCUT2D eigenvalue weighted by Crippen LogP contribution is -2.47. The summed E-state index contributed by atoms with van der Waals surface area (Å²) in [4.78, 5) is 16.7. The van der Waals surface area contributed by atoms with Gasteiger partial charge in [-0.1, -0.05) is 24.3 Å². The Labute approximate surface area is 215 Å². The third-order valence-electron chi connectivity index (χ3n) is 7.89. The van der Waals surface area contributed by atoms with Crippen LogP contribution in [0.5, 0.6) is 0 Å². The standard InChI is InChI=1S/C29H30FN7/c30-25-5-2-1-4-24(25)23-20-33(21-23)14-15-36-12-10-22-8-9-27(32-29(22)36)34-16-18-35(19-17-34)28-7-3-6-26-31-11-13-37(26)28/h1-13,23H,14-21H2. The molecule has 2 aliphatic rings. The Bertz CT molecular complexity index is 1540. The summed E-state index contributed by atoms with van der Waals surface area (Å²) < 4.78 is 18.5. The molecule has 7 nitrogen and oxygen atoms in total. The molecule has 0 spiro atoms. The number of aromatic nitrogens is 4. The van der Waals surface area contributed by atoms with Gasteiger partial charge in [-0.2, -0.15) is 0 Å². The van der Waals surface area contributed by atoms with Crippen LogP contribution in [0.1, 0.15) is 11.5 Å². The van der Waals surface area contributed by atoms with Crippen molar-refractivity contribution >= 4 is 28.3 Å². The number of halogens is 1. The number of nitrogens with zero attached hydrogens (tertiary/aromatic N) is 7. The molecule has 1 aromatic carbocycles. The number of fused-ring (bicyclic) bond motifs is 2. The number of piperazine rings is 1. The Kier molecular flexibility index (Phi) is 5.54. The number of benzene rings is 1. The molecule has 8 heteroatoms. The number of hydrogen-bond donors (Lipinski definition) is 0. The fraction of sp³-hybridized carbons (Fsp3) is 0.310. The van der Waals surface area contributed by atoms with Crippen molar-refractivity contribution in [3.05, 3.63) is 90.6 Å². The highest BCUT2D eigenvalue weighted by Crippen LogP contribution is 2.29. The molecular formula is C29H30FN7. The topological polar surface area (TPSA) is 44.8 Å². The predicted molar refractivity (Wildman–Crippen MR) is 145 cm³/mol. The van der Waals surface area contributed by atoms with Gasteiger partial charge in [0, 0.05) is 82.3 Å². The van der Waals surface area contributed by atoms with Crippen LogP contribution in [0.4, 0.5) is 16.0 Å². The largest absolute Gasteiger partial charge is 0.354 e. The molecule has 5 aromatic rings. The van der Waals surface area contributed by atoms with Crippen LogP contribution in [0.25, 0.3) is 16.7 Å². The third kappa shape index (κ3) is 4.11. The maximum atomic E-state index is 14.1. The highest BCUT2D eigenvalue weighted by molar-refractivity contribution is 5.78. The normalized spacial score (nSPS) is 17.1. The Morgan fingerprint density at radius 3 is 2.51 bits per heavy atom. The molecule has 2 aliphatic heterocycles. The molecule has 2 fully saturated rings. The van der Waals surface area contributed by atoms with Gasteiger partial charge in [0.05, 0.1) is 0 Å². The molecule has 0 aliphatic carbocycles. The lowest BCUT2D eigenvalue weighted by molar-refractivity contribution is 0.141. The number of rotatable bonds is 6. The monoisotopic (exact) mass is 495 g/mol. The van der Waals surface area contributed by atoms with Crippen LogP contribution >= 0.6 is 0 Å². The van der Waals surface area contributed by atoms with Crippen molar-refractivity contribution in [3.63, 3.8) is 0 Å². The molecule has 0 bridgehead atoms. The van der Waals surface area contributed by atoms with Crippen molar-refractivity contribution in [2.45, 2.75) is 12.5 Å². The first-order valence-corrected chi connectivity index (χ1v) is 13.1. The molecular weight excluding hydrogens is 465 g/mol. The first-order valence-electron chi connectivity index (χ1n) is 13.1. The van der Waals surface area contributed by atoms with Gasteiger partial charge >= 0.3 is 0 Å². The van der Waals surface area contributed by atoms with Crippen LogP contribution in [-0.2, 0) is 6.54 Å². The van der Waals surface area contributed by atoms with Gasteiger partial charge in [-0.25, -0.2) is 14.4 Å². The SMILES string of the molecule is Fc1ccccc1C1CN(CCn2ccc3ccc(N4CCN(c5cccc6nccn56)CC4)nc32)C1. The van der Waals surface area contributed by atoms with Crippen LogP contribution in [0, 0.1) is 5.82 Å². The molecule has 37 heavy (non-hydrogen) atoms. The number of likely N-dealkylation sites (tertiary alicyclic amines) is 1. The zero-order valence-electron chi connectivity index (χ0n) is 20.7. The molecule has 0 N–H and O–H groups in total. The van der Waals surface area contributed by atoms with Gasteiger partial charge in [0.2, 0.25) is 0 Å². The van der Waals surface area contributed by atoms with Crippen molar-refractivity contribution in [3.8, 4) is 0 Å². The van der Waals surface area contributed by atoms with Gasteiger partial charge in [-0.3, -0.25) is 4.40 Å². The zero-order chi connectivity index (χ0) is 24.8. The summed E-state index contributed by atoms with van der Waals surface area (Å²) in [5, 5.41) is 1.17. The van der Waals surface area contributed by atoms with Gasteiger partial charge in [0.15, 0.2) is 0 Å². The van der Waals surface area contributed by atoms with Crippen molar-refractivity contribution in [1.82, 2.24) is 23.8 Å². The summed E-state index contributed by atoms with van der Waals surface area (Å²) in [6.07, 6.45) is 6.02. The highest BCUT2D eigenvalue weighted by Gasteiger charge is 2.29. The molecule has 4 aromatic heterocycles. The molecule has 0 saturated carbocycles. The number of pyridine rings is 2. The van der Waals surface area contributed by atoms with E-state index in [0.717, 1.165) is 75.0 Å². The molecule has 6 heterocycles. The molecule has 188 valence electrons. The third-order valence-corrected chi connectivity index (χ3v) is 7.89. The van der Waals surface area contributed by atoms with Crippen LogP contribution in [0.3, 0.4) is 0 Å². The van der Waals surface area contributed by atoms with E-state index in [1.807, 2.05) is 30.6 Å². The van der Waals surface area contributed by atoms with Crippen LogP contribution < -0.4 is 9.80 Å². The second-order valence-electron chi connectivity index (χ2n) is 10.1. The average Bonchev–Trinajstić information content (AvgIpc) is 3.55. The molecule has 2 saturated heterocycles. The minimum absolute atomic E-state index is 0.0834. The summed E-state index contributed by atoms with van der Waals surface area (Å²) in [7, 11) is 0. The van der Waals surface area contributed by atoms with Crippen LogP contribution in [-0.4, -0.2) is 69.6 Å². The molecule has 0 atom stereocenters. The van der Waals surface area contributed by atoms with E-state index in [9.17, 15) is 4.39 Å². The quantitative estimate of drug-likeness (QED) is 0.353. The van der Waals surface area contributed by atoms with Gasteiger partial charge < -0.3 is 19.3 Å². The highest BCUT2D eigenvalue weighted by atomic mass is 19.1. The van der Waals surface area contributed by atoms with Crippen LogP contribution in [0.2, 0.25) is 0 Å². The fourth-order valence-electron chi connectivity index (χ4n) is 5.77. The minimum Gasteiger partial charge on any atom is -0.354 e. The number of imidazole rings is 1. The van der Waals surface area contributed by atoms with Gasteiger partial charge in [-0.15, -0.1) is 0 Å². The Morgan fingerprint density at radius 2 is 1.65 bits per heavy atom. The second kappa shape index (κ2) is 9.19. The average molecular weight is 496 g/mol. The van der Waals surface area contributed by atoms with Gasteiger partial charge in [0.25, 0.3) is 0 Å². The summed E-state index contributed by atoms with van der Waals surface area (Å²) in [6, 6.07) is 19.9. The maximum absolute atomic E-state index is 14.1. The number of hydrogen-bond acceptors (Lipinski definition) is 5. The summed E-state index contributed by atoms with van der Waals surface area (Å²) in [6.45, 7) is 7.38. The van der Waals surface area contributed by atoms with Gasteiger partial charge in [-0.05, 0) is 42.0 Å². The fourth-order valence-corrected chi connectivity index (χ4v) is 5.77. The predicted octanol–water partition coefficient (Wildman–Crippen LogP) is 4.25. The van der Waals surface area contributed by atoms with Gasteiger partial charge in [0.1, 0.15) is 28.7 Å². The Balaban J connectivity index is 0.996. The van der Waals surface area contributed by atoms with E-state index in [4.69, 9.17) is 4.98 Å². The first kappa shape index (κ1) is 22.3. The Hall–Kier alpha value is -3.91. The van der Waals surface area contributed by atoms with E-state index in [1.165, 1.54) is 11.2 Å². The van der Waals surface area contributed by atoms with E-state index in [1.54, 1.807) is 12.1 Å². The molecule has 0 radical (unpaired) electrons. The lowest BCUT2D eigenvalue weighted by Gasteiger charge is -2.39. The summed E-state index contributed by atoms with van der Waals surface area (Å²) in [5.41, 5.74) is 2.86. The maximum Gasteiger partial charge on any atom is 0.142 e. The number of anilines is 2. The second-order valence-corrected chi connectivity index (χ2v) is 10.1. The van der Waals surface area contributed by atoms with E-state index in [2.05, 4.69) is 65.2 Å². The summed E-state index contributed by atoms with van der Waals surface area (Å²) >= 11 is 0. The molecule has 0 unspecified atom stereocenters. The minimum atomic E-state index is -0.0834. The van der Waals surface area contributed by atoms with Crippen LogP contribution in [0.15, 0.2) is 79.3 Å². The smallest absolute Gasteiger partial charge is 0.142 e. The van der Waals surface area contributed by atoms with Crippen molar-refractivity contribution in [2.75, 3.05) is 55.6 Å². The first-order chi connectivity index (χ1) is 18.2. The molecule has 0 amide bonds. The zero-order valence-corrected chi connectivity index (χ0v) is 20.7. The van der Waals surface area contributed by atoms with E-state index >= 15 is 0 Å². The van der Waals surface area contributed by atoms with E-state index < -0.39 is 0 Å². The Morgan fingerprint density at radius 1 is 0.811 bits per heavy atom. The van der Waals surface area contributed by atoms with E-state index in [0.29, 0.717) is 5.92 Å². The van der Waals surface area contributed by atoms with Crippen molar-refractivity contribution in [1.29, 1.82) is 0 Å². The summed E-state index contributed by atoms with van der Waals surface area (Å²) in [5.74, 6) is 2.44. The van der Waals surface area contributed by atoms with Crippen molar-refractivity contribution < 1.29 is 4.39 Å². The molecule has 7 rings (SSSR count). The lowest BCUT2D eigenvalue weighted by atomic mass is 9.91. The van der Waals surface area contributed by atoms with Crippen molar-refractivity contribution in [2.24, 2.45) is 0 Å².